The number of halogens is 3. The minimum absolute atomic E-state index is 0. The van der Waals surface area contributed by atoms with Crippen LogP contribution in [0.5, 0.6) is 0 Å². The molecular formula is C64H104I3N15O12S5. The normalized spacial score (nSPS) is 12.9. The van der Waals surface area contributed by atoms with Gasteiger partial charge in [0.05, 0.1) is 79.1 Å². The average Bonchev–Trinajstić information content (AvgIpc) is 1.94. The Kier molecular flexibility index (Phi) is 47.7. The number of hydrogen-bond donors (Lipinski definition) is 9. The molecule has 0 bridgehead atoms. The van der Waals surface area contributed by atoms with Crippen molar-refractivity contribution in [2.75, 3.05) is 27.7 Å². The maximum Gasteiger partial charge on any atom is 0.407 e. The third-order valence-electron chi connectivity index (χ3n) is 14.9. The van der Waals surface area contributed by atoms with Crippen LogP contribution in [0.4, 0.5) is 24.0 Å². The first kappa shape index (κ1) is 92.1. The molecule has 0 aromatic carbocycles. The average molecular weight is 1820 g/mol. The van der Waals surface area contributed by atoms with E-state index in [1.807, 2.05) is 50.8 Å². The number of aliphatic hydroxyl groups excluding tert-OH is 1. The van der Waals surface area contributed by atoms with E-state index in [2.05, 4.69) is 141 Å². The van der Waals surface area contributed by atoms with Gasteiger partial charge >= 0.3 is 36.2 Å². The second kappa shape index (κ2) is 51.2. The highest BCUT2D eigenvalue weighted by molar-refractivity contribution is 15.0. The lowest BCUT2D eigenvalue weighted by Gasteiger charge is -2.25. The quantitative estimate of drug-likeness (QED) is 0.0168. The minimum Gasteiger partial charge on any atom is -0.480 e. The molecule has 0 unspecified atom stereocenters. The largest absolute Gasteiger partial charge is 0.480 e. The Morgan fingerprint density at radius 3 is 1.03 bits per heavy atom. The van der Waals surface area contributed by atoms with E-state index in [0.717, 1.165) is 54.7 Å². The Morgan fingerprint density at radius 1 is 0.465 bits per heavy atom. The van der Waals surface area contributed by atoms with Crippen LogP contribution in [-0.2, 0) is 56.7 Å². The smallest absolute Gasteiger partial charge is 0.407 e. The van der Waals surface area contributed by atoms with Gasteiger partial charge in [-0.3, -0.25) is 19.6 Å². The van der Waals surface area contributed by atoms with E-state index in [0.29, 0.717) is 88.8 Å². The van der Waals surface area contributed by atoms with Crippen LogP contribution < -0.4 is 37.2 Å². The molecule has 35 heteroatoms. The fourth-order valence-corrected chi connectivity index (χ4v) is 12.3. The number of nitrogens with zero attached hydrogens (tertiary/aromatic N) is 8. The molecule has 27 nitrogen and oxygen atoms in total. The third kappa shape index (κ3) is 36.2. The number of carbonyl (C=O) groups excluding carboxylic acids is 7. The summed E-state index contributed by atoms with van der Waals surface area (Å²) in [5.74, 6) is -0.662. The Balaban J connectivity index is 0.000000763. The molecule has 0 fully saturated rings. The molecule has 558 valence electrons. The second-order valence-electron chi connectivity index (χ2n) is 23.9. The summed E-state index contributed by atoms with van der Waals surface area (Å²) in [5, 5.41) is 47.2. The van der Waals surface area contributed by atoms with Gasteiger partial charge in [0.1, 0.15) is 31.3 Å². The predicted octanol–water partition coefficient (Wildman–Crippen LogP) is 13.3. The molecule has 10 amide bonds. The van der Waals surface area contributed by atoms with Gasteiger partial charge in [0.15, 0.2) is 0 Å². The van der Waals surface area contributed by atoms with Gasteiger partial charge in [-0.2, -0.15) is 0 Å². The predicted molar refractivity (Wildman–Crippen MR) is 421 cm³/mol. The highest BCUT2D eigenvalue weighted by Crippen LogP contribution is 2.23. The van der Waals surface area contributed by atoms with Crippen molar-refractivity contribution in [3.05, 3.63) is 81.4 Å². The number of ether oxygens (including phenoxy) is 2. The number of aliphatic carboxylic acids is 1. The van der Waals surface area contributed by atoms with Crippen LogP contribution >= 0.6 is 118 Å². The Labute approximate surface area is 644 Å². The minimum atomic E-state index is -1.08. The number of urea groups is 3. The number of carboxylic acid groups (broad SMARTS) is 1. The first-order valence-electron chi connectivity index (χ1n) is 32.7. The SMILES string of the molecule is CC[C@@H](CC[C@H](CC)NC(=O)[C@H](CC)NC(=O)N(C)Cc1csc(C(C)C)n1)NC(=O)OCc1cncs1.CC[C@@H](CC[C@H](CC)NC(=O)[C@H](CO)NC(=O)N(C)Cc1csc(C(C)C)n1)NC(=O)OCc1cncs1.CC[C@H](NC(=O)N(C)Cc1csc(C(C)C)n1)C(=O)O.I.II. The van der Waals surface area contributed by atoms with Crippen LogP contribution in [0.3, 0.4) is 0 Å². The molecule has 5 aromatic rings. The number of aliphatic hydroxyl groups is 1. The highest BCUT2D eigenvalue weighted by atomic mass is 128. The summed E-state index contributed by atoms with van der Waals surface area (Å²) < 4.78 is 10.5. The summed E-state index contributed by atoms with van der Waals surface area (Å²) in [7, 11) is 4.94. The highest BCUT2D eigenvalue weighted by Gasteiger charge is 2.27. The zero-order chi connectivity index (χ0) is 73.4. The molecule has 0 aliphatic carbocycles. The fraction of sp³-hybridized carbons (Fsp3) is 0.641. The lowest BCUT2D eigenvalue weighted by Crippen LogP contribution is -2.53. The molecule has 5 aromatic heterocycles. The molecule has 0 aliphatic rings. The maximum absolute atomic E-state index is 13.0. The van der Waals surface area contributed by atoms with Gasteiger partial charge in [0.25, 0.3) is 0 Å². The second-order valence-corrected chi connectivity index (χ2v) is 28.5. The number of aromatic nitrogens is 5. The van der Waals surface area contributed by atoms with Crippen LogP contribution in [0.15, 0.2) is 39.6 Å². The van der Waals surface area contributed by atoms with E-state index in [1.54, 1.807) is 85.5 Å². The van der Waals surface area contributed by atoms with E-state index in [1.165, 1.54) is 37.4 Å². The van der Waals surface area contributed by atoms with Crippen LogP contribution in [0.2, 0.25) is 0 Å². The summed E-state index contributed by atoms with van der Waals surface area (Å²) in [4.78, 5) is 126. The van der Waals surface area contributed by atoms with Crippen molar-refractivity contribution >= 4 is 166 Å². The Hall–Kier alpha value is -4.94. The molecule has 7 atom stereocenters. The number of carbonyl (C=O) groups is 8. The van der Waals surface area contributed by atoms with Crippen LogP contribution in [0, 0.1) is 0 Å². The zero-order valence-electron chi connectivity index (χ0n) is 59.4. The molecule has 5 rings (SSSR count). The lowest BCUT2D eigenvalue weighted by molar-refractivity contribution is -0.139. The standard InChI is InChI=1S/C26H42N6O4S2.C25H40N6O5S2.C13H21N3O3S.I2.HI/c1-7-18(10-11-19(8-2)30-26(35)36-14-21-12-27-16-38-21)28-23(33)22(9-3)31-25(34)32(6)13-20-15-37-24(29-20)17(4)5;1-6-17(8-9-18(7-2)29-25(35)36-13-20-10-26-15-38-20)27-22(33)21(12-32)30-24(34)31(5)11-19-14-37-23(28-19)16(3)4;1-5-10(12(17)18)15-13(19)16(4)6-9-7-20-11(14-9)8(2)3;1-2;/h12,15-19,22H,7-11,13-14H2,1-6H3,(H,28,33)(H,30,35)(H,31,34);10,14-18,21,32H,6-9,11-13H2,1-5H3,(H,27,33)(H,29,35)(H,30,34);7-8,10H,5-6H2,1-4H3,(H,15,19)(H,17,18);;1H/t18-,19-,22-;17-,18-,21-;10-;;/m000../s1. The molecule has 9 N–H and O–H groups in total. The molecule has 0 aliphatic heterocycles. The topological polar surface area (TPSA) is 354 Å². The van der Waals surface area contributed by atoms with Gasteiger partial charge in [-0.15, -0.1) is 80.7 Å². The molecule has 99 heavy (non-hydrogen) atoms. The maximum atomic E-state index is 13.0. The van der Waals surface area contributed by atoms with Gasteiger partial charge in [0, 0.05) is 129 Å². The first-order valence-corrected chi connectivity index (χ1v) is 43.4. The van der Waals surface area contributed by atoms with Crippen LogP contribution in [-0.4, -0.2) is 168 Å². The molecule has 0 radical (unpaired) electrons. The van der Waals surface area contributed by atoms with E-state index in [-0.39, 0.29) is 73.3 Å². The van der Waals surface area contributed by atoms with E-state index in [9.17, 15) is 43.5 Å². The zero-order valence-corrected chi connectivity index (χ0v) is 70.1. The summed E-state index contributed by atoms with van der Waals surface area (Å²) in [5.41, 5.74) is 5.81. The Bertz CT molecular complexity index is 2950. The van der Waals surface area contributed by atoms with Crippen molar-refractivity contribution in [1.82, 2.24) is 76.8 Å². The van der Waals surface area contributed by atoms with Crippen molar-refractivity contribution in [2.45, 2.75) is 240 Å². The van der Waals surface area contributed by atoms with Crippen molar-refractivity contribution < 1.29 is 58.0 Å². The molecular weight excluding hydrogens is 1710 g/mol. The Morgan fingerprint density at radius 2 is 0.768 bits per heavy atom. The number of hydrogen-bond acceptors (Lipinski definition) is 21. The van der Waals surface area contributed by atoms with Gasteiger partial charge in [-0.1, -0.05) is 83.1 Å². The third-order valence-corrected chi connectivity index (χ3v) is 20.0. The number of nitrogens with one attached hydrogen (secondary N) is 7. The van der Waals surface area contributed by atoms with E-state index < -0.39 is 60.9 Å². The van der Waals surface area contributed by atoms with Gasteiger partial charge in [0.2, 0.25) is 11.8 Å². The molecule has 0 saturated heterocycles. The van der Waals surface area contributed by atoms with Gasteiger partial charge < -0.3 is 71.6 Å². The van der Waals surface area contributed by atoms with E-state index >= 15 is 0 Å². The first-order chi connectivity index (χ1) is 46.7. The van der Waals surface area contributed by atoms with Gasteiger partial charge in [-0.25, -0.2) is 43.7 Å². The molecule has 0 saturated carbocycles. The van der Waals surface area contributed by atoms with Crippen LogP contribution in [0.25, 0.3) is 0 Å². The van der Waals surface area contributed by atoms with Crippen molar-refractivity contribution in [1.29, 1.82) is 0 Å². The fourth-order valence-electron chi connectivity index (χ4n) is 8.83. The number of alkyl carbamates (subject to hydrolysis) is 2. The molecule has 0 spiro atoms. The van der Waals surface area contributed by atoms with Crippen molar-refractivity contribution in [3.63, 3.8) is 0 Å². The summed E-state index contributed by atoms with van der Waals surface area (Å²) in [6.45, 7) is 24.8. The van der Waals surface area contributed by atoms with Crippen molar-refractivity contribution in [2.24, 2.45) is 0 Å². The number of rotatable bonds is 36. The van der Waals surface area contributed by atoms with Crippen molar-refractivity contribution in [3.8, 4) is 0 Å². The number of carboxylic acids is 1. The summed E-state index contributed by atoms with van der Waals surface area (Å²) >= 11 is 11.8. The summed E-state index contributed by atoms with van der Waals surface area (Å²) in [6.07, 6.45) is 8.71. The van der Waals surface area contributed by atoms with E-state index in [4.69, 9.17) is 14.6 Å². The van der Waals surface area contributed by atoms with Crippen LogP contribution in [0.1, 0.15) is 207 Å². The molecule has 5 heterocycles. The lowest BCUT2D eigenvalue weighted by atomic mass is 10.0. The number of thiazole rings is 5. The van der Waals surface area contributed by atoms with Gasteiger partial charge in [-0.05, 0) is 64.2 Å². The summed E-state index contributed by atoms with van der Waals surface area (Å²) in [6, 6.07) is -4.19. The monoisotopic (exact) mass is 1820 g/mol. The number of amides is 10.